The third kappa shape index (κ3) is 7.76. The SMILES string of the molecule is CCCCc1ccc(C(=O)N(CC(=O)N(Cc2ccc(F)cc2)Cc2ccco2)CC2CCCO2)cc1. The fraction of sp³-hybridized carbons (Fsp3) is 0.400. The number of nitrogens with zero attached hydrogens (tertiary/aromatic N) is 2. The van der Waals surface area contributed by atoms with Gasteiger partial charge >= 0.3 is 0 Å². The molecule has 0 spiro atoms. The maximum atomic E-state index is 13.6. The van der Waals surface area contributed by atoms with Gasteiger partial charge in [0.25, 0.3) is 5.91 Å². The van der Waals surface area contributed by atoms with Crippen molar-refractivity contribution in [2.75, 3.05) is 19.7 Å². The molecule has 0 bridgehead atoms. The first-order valence-corrected chi connectivity index (χ1v) is 13.1. The molecule has 1 aliphatic heterocycles. The molecule has 37 heavy (non-hydrogen) atoms. The van der Waals surface area contributed by atoms with E-state index in [-0.39, 0.29) is 43.4 Å². The van der Waals surface area contributed by atoms with Gasteiger partial charge < -0.3 is 19.0 Å². The zero-order chi connectivity index (χ0) is 26.0. The Labute approximate surface area is 218 Å². The maximum Gasteiger partial charge on any atom is 0.254 e. The topological polar surface area (TPSA) is 63.0 Å². The Balaban J connectivity index is 1.52. The number of halogens is 1. The highest BCUT2D eigenvalue weighted by atomic mass is 19.1. The van der Waals surface area contributed by atoms with Crippen LogP contribution in [0.1, 0.15) is 59.9 Å². The highest BCUT2D eigenvalue weighted by Gasteiger charge is 2.27. The average Bonchev–Trinajstić information content (AvgIpc) is 3.62. The van der Waals surface area contributed by atoms with Crippen LogP contribution in [0.4, 0.5) is 4.39 Å². The van der Waals surface area contributed by atoms with Crippen LogP contribution in [0.25, 0.3) is 0 Å². The van der Waals surface area contributed by atoms with Crippen LogP contribution in [-0.2, 0) is 29.0 Å². The van der Waals surface area contributed by atoms with E-state index >= 15 is 0 Å². The van der Waals surface area contributed by atoms with Gasteiger partial charge in [0.2, 0.25) is 5.91 Å². The quantitative estimate of drug-likeness (QED) is 0.320. The molecule has 0 radical (unpaired) electrons. The summed E-state index contributed by atoms with van der Waals surface area (Å²) in [4.78, 5) is 30.4. The molecule has 0 N–H and O–H groups in total. The van der Waals surface area contributed by atoms with Crippen molar-refractivity contribution in [1.82, 2.24) is 9.80 Å². The van der Waals surface area contributed by atoms with E-state index in [2.05, 4.69) is 6.92 Å². The smallest absolute Gasteiger partial charge is 0.254 e. The molecule has 1 fully saturated rings. The second-order valence-corrected chi connectivity index (χ2v) is 9.58. The minimum atomic E-state index is -0.332. The molecule has 2 amide bonds. The summed E-state index contributed by atoms with van der Waals surface area (Å²) in [6.45, 7) is 3.61. The standard InChI is InChI=1S/C30H35FN2O4/c1-2-3-6-23-9-13-25(14-10-23)30(35)33(21-28-8-5-18-37-28)22-29(34)32(20-27-7-4-17-36-27)19-24-11-15-26(31)16-12-24/h4,7,9-17,28H,2-3,5-6,8,18-22H2,1H3. The summed E-state index contributed by atoms with van der Waals surface area (Å²) in [7, 11) is 0. The van der Waals surface area contributed by atoms with Crippen LogP contribution in [0, 0.1) is 5.82 Å². The molecule has 1 saturated heterocycles. The molecule has 0 saturated carbocycles. The molecule has 2 aromatic carbocycles. The van der Waals surface area contributed by atoms with Gasteiger partial charge in [0, 0.05) is 25.3 Å². The van der Waals surface area contributed by atoms with E-state index in [1.165, 1.54) is 17.7 Å². The Morgan fingerprint density at radius 2 is 1.73 bits per heavy atom. The Kier molecular flexibility index (Phi) is 9.49. The summed E-state index contributed by atoms with van der Waals surface area (Å²) in [5.41, 5.74) is 2.55. The molecular weight excluding hydrogens is 471 g/mol. The zero-order valence-electron chi connectivity index (χ0n) is 21.4. The van der Waals surface area contributed by atoms with Gasteiger partial charge in [-0.25, -0.2) is 4.39 Å². The highest BCUT2D eigenvalue weighted by Crippen LogP contribution is 2.18. The van der Waals surface area contributed by atoms with Gasteiger partial charge in [0.15, 0.2) is 0 Å². The number of hydrogen-bond donors (Lipinski definition) is 0. The molecule has 1 aromatic heterocycles. The molecule has 196 valence electrons. The Hall–Kier alpha value is -3.45. The van der Waals surface area contributed by atoms with Crippen molar-refractivity contribution in [3.05, 3.63) is 95.2 Å². The second kappa shape index (κ2) is 13.2. The van der Waals surface area contributed by atoms with E-state index in [4.69, 9.17) is 9.15 Å². The van der Waals surface area contributed by atoms with Crippen molar-refractivity contribution in [2.24, 2.45) is 0 Å². The minimum Gasteiger partial charge on any atom is -0.467 e. The van der Waals surface area contributed by atoms with Gasteiger partial charge in [-0.2, -0.15) is 0 Å². The van der Waals surface area contributed by atoms with E-state index in [9.17, 15) is 14.0 Å². The van der Waals surface area contributed by atoms with Crippen LogP contribution in [0.2, 0.25) is 0 Å². The number of unbranched alkanes of at least 4 members (excludes halogenated alkanes) is 1. The van der Waals surface area contributed by atoms with Crippen molar-refractivity contribution in [3.63, 3.8) is 0 Å². The summed E-state index contributed by atoms with van der Waals surface area (Å²) in [6, 6.07) is 17.3. The first kappa shape index (κ1) is 26.6. The van der Waals surface area contributed by atoms with E-state index in [1.54, 1.807) is 40.3 Å². The summed E-state index contributed by atoms with van der Waals surface area (Å²) >= 11 is 0. The summed E-state index contributed by atoms with van der Waals surface area (Å²) in [5.74, 6) is -0.103. The summed E-state index contributed by atoms with van der Waals surface area (Å²) in [6.07, 6.45) is 6.48. The predicted molar refractivity (Wildman–Crippen MR) is 139 cm³/mol. The van der Waals surface area contributed by atoms with E-state index in [0.717, 1.165) is 37.7 Å². The van der Waals surface area contributed by atoms with E-state index in [0.29, 0.717) is 24.5 Å². The van der Waals surface area contributed by atoms with Crippen molar-refractivity contribution in [2.45, 2.75) is 58.2 Å². The molecule has 1 unspecified atom stereocenters. The van der Waals surface area contributed by atoms with Gasteiger partial charge in [-0.15, -0.1) is 0 Å². The molecule has 1 atom stereocenters. The van der Waals surface area contributed by atoms with Gasteiger partial charge in [-0.1, -0.05) is 37.6 Å². The van der Waals surface area contributed by atoms with Gasteiger partial charge in [-0.05, 0) is 73.2 Å². The van der Waals surface area contributed by atoms with E-state index in [1.807, 2.05) is 24.3 Å². The number of ether oxygens (including phenoxy) is 1. The van der Waals surface area contributed by atoms with E-state index < -0.39 is 0 Å². The lowest BCUT2D eigenvalue weighted by molar-refractivity contribution is -0.133. The fourth-order valence-corrected chi connectivity index (χ4v) is 4.53. The van der Waals surface area contributed by atoms with Crippen LogP contribution in [-0.4, -0.2) is 47.4 Å². The first-order chi connectivity index (χ1) is 18.0. The van der Waals surface area contributed by atoms with Crippen LogP contribution in [0.5, 0.6) is 0 Å². The molecule has 1 aliphatic rings. The number of carbonyl (C=O) groups excluding carboxylic acids is 2. The number of furan rings is 1. The Bertz CT molecular complexity index is 1120. The Morgan fingerprint density at radius 3 is 2.38 bits per heavy atom. The third-order valence-electron chi connectivity index (χ3n) is 6.65. The first-order valence-electron chi connectivity index (χ1n) is 13.1. The number of carbonyl (C=O) groups is 2. The van der Waals surface area contributed by atoms with Crippen molar-refractivity contribution >= 4 is 11.8 Å². The average molecular weight is 507 g/mol. The van der Waals surface area contributed by atoms with Gasteiger partial charge in [0.1, 0.15) is 18.1 Å². The third-order valence-corrected chi connectivity index (χ3v) is 6.65. The van der Waals surface area contributed by atoms with Gasteiger partial charge in [-0.3, -0.25) is 9.59 Å². The minimum absolute atomic E-state index is 0.0851. The van der Waals surface area contributed by atoms with Gasteiger partial charge in [0.05, 0.1) is 18.9 Å². The molecular formula is C30H35FN2O4. The fourth-order valence-electron chi connectivity index (χ4n) is 4.53. The normalized spacial score (nSPS) is 15.0. The number of aryl methyl sites for hydroxylation is 1. The highest BCUT2D eigenvalue weighted by molar-refractivity contribution is 5.96. The lowest BCUT2D eigenvalue weighted by Gasteiger charge is -2.29. The zero-order valence-corrected chi connectivity index (χ0v) is 21.4. The number of hydrogen-bond acceptors (Lipinski definition) is 4. The van der Waals surface area contributed by atoms with Crippen LogP contribution in [0.3, 0.4) is 0 Å². The maximum absolute atomic E-state index is 13.6. The summed E-state index contributed by atoms with van der Waals surface area (Å²) in [5, 5.41) is 0. The van der Waals surface area contributed by atoms with Crippen molar-refractivity contribution in [3.8, 4) is 0 Å². The van der Waals surface area contributed by atoms with Crippen molar-refractivity contribution in [1.29, 1.82) is 0 Å². The van der Waals surface area contributed by atoms with Crippen LogP contribution in [0.15, 0.2) is 71.3 Å². The molecule has 4 rings (SSSR count). The Morgan fingerprint density at radius 1 is 0.973 bits per heavy atom. The molecule has 7 heteroatoms. The largest absolute Gasteiger partial charge is 0.467 e. The number of benzene rings is 2. The number of rotatable bonds is 12. The molecule has 3 aromatic rings. The van der Waals surface area contributed by atoms with Crippen LogP contribution < -0.4 is 0 Å². The lowest BCUT2D eigenvalue weighted by atomic mass is 10.1. The summed E-state index contributed by atoms with van der Waals surface area (Å²) < 4.78 is 24.7. The lowest BCUT2D eigenvalue weighted by Crippen LogP contribution is -2.45. The van der Waals surface area contributed by atoms with Crippen molar-refractivity contribution < 1.29 is 23.1 Å². The molecule has 6 nitrogen and oxygen atoms in total. The van der Waals surface area contributed by atoms with Crippen LogP contribution >= 0.6 is 0 Å². The molecule has 2 heterocycles. The second-order valence-electron chi connectivity index (χ2n) is 9.58. The predicted octanol–water partition coefficient (Wildman–Crippen LogP) is 5.61. The number of amides is 2. The monoisotopic (exact) mass is 506 g/mol. The molecule has 0 aliphatic carbocycles.